The van der Waals surface area contributed by atoms with Gasteiger partial charge in [0.05, 0.1) is 11.5 Å². The van der Waals surface area contributed by atoms with Crippen LogP contribution < -0.4 is 10.9 Å². The molecule has 6 rings (SSSR count). The van der Waals surface area contributed by atoms with Gasteiger partial charge in [0, 0.05) is 10.8 Å². The molecule has 0 spiro atoms. The second-order valence-corrected chi connectivity index (χ2v) is 12.2. The lowest BCUT2D eigenvalue weighted by atomic mass is 10.2. The van der Waals surface area contributed by atoms with Gasteiger partial charge in [-0.3, -0.25) is 20.4 Å². The Morgan fingerprint density at radius 2 is 1.05 bits per heavy atom. The summed E-state index contributed by atoms with van der Waals surface area (Å²) in [4.78, 5) is 25.6. The molecule has 0 radical (unpaired) electrons. The van der Waals surface area contributed by atoms with Crippen molar-refractivity contribution in [3.05, 3.63) is 108 Å². The number of nitrogens with one attached hydrogen (secondary N) is 2. The van der Waals surface area contributed by atoms with Crippen molar-refractivity contribution in [1.29, 1.82) is 0 Å². The van der Waals surface area contributed by atoms with Crippen molar-refractivity contribution in [2.45, 2.75) is 23.6 Å². The van der Waals surface area contributed by atoms with Crippen LogP contribution in [0.4, 0.5) is 11.6 Å². The van der Waals surface area contributed by atoms with Crippen LogP contribution in [-0.2, 0) is 9.59 Å². The molecular weight excluding hydrogens is 565 g/mol. The van der Waals surface area contributed by atoms with E-state index in [0.29, 0.717) is 36.0 Å². The van der Waals surface area contributed by atoms with E-state index in [1.165, 1.54) is 0 Å². The van der Waals surface area contributed by atoms with E-state index in [1.807, 2.05) is 60.7 Å². The molecule has 2 saturated heterocycles. The molecule has 4 aromatic rings. The van der Waals surface area contributed by atoms with Crippen LogP contribution in [0.3, 0.4) is 0 Å². The second kappa shape index (κ2) is 13.1. The summed E-state index contributed by atoms with van der Waals surface area (Å²) in [5, 5.41) is 13.7. The van der Waals surface area contributed by atoms with E-state index < -0.39 is 0 Å². The monoisotopic (exact) mass is 594 g/mol. The van der Waals surface area contributed by atoms with Gasteiger partial charge in [0.25, 0.3) is 11.8 Å². The highest BCUT2D eigenvalue weighted by atomic mass is 32.2. The zero-order valence-electron chi connectivity index (χ0n) is 22.8. The third-order valence-electron chi connectivity index (χ3n) is 6.95. The zero-order chi connectivity index (χ0) is 28.7. The number of thioether (sulfide) groups is 2. The van der Waals surface area contributed by atoms with Crippen LogP contribution >= 0.6 is 23.5 Å². The number of aromatic nitrogens is 2. The molecule has 0 saturated carbocycles. The quantitative estimate of drug-likeness (QED) is 0.221. The van der Waals surface area contributed by atoms with E-state index in [0.717, 1.165) is 21.9 Å². The highest BCUT2D eigenvalue weighted by Crippen LogP contribution is 2.33. The first-order valence-electron chi connectivity index (χ1n) is 13.7. The maximum Gasteiger partial charge on any atom is 0.252 e. The van der Waals surface area contributed by atoms with Crippen LogP contribution in [0.1, 0.15) is 24.0 Å². The predicted molar refractivity (Wildman–Crippen MR) is 173 cm³/mol. The summed E-state index contributed by atoms with van der Waals surface area (Å²) >= 11 is 3.20. The molecular formula is C32H30N6O2S2. The van der Waals surface area contributed by atoms with Crippen molar-refractivity contribution in [3.63, 3.8) is 0 Å². The normalized spacial score (nSPS) is 19.0. The number of anilines is 2. The van der Waals surface area contributed by atoms with Crippen molar-refractivity contribution in [2.75, 3.05) is 22.4 Å². The molecule has 0 aliphatic carbocycles. The Morgan fingerprint density at radius 1 is 0.643 bits per heavy atom. The highest BCUT2D eigenvalue weighted by Gasteiger charge is 2.33. The van der Waals surface area contributed by atoms with Gasteiger partial charge in [-0.1, -0.05) is 109 Å². The molecule has 212 valence electrons. The molecule has 2 amide bonds. The average molecular weight is 595 g/mol. The molecule has 3 aromatic carbocycles. The van der Waals surface area contributed by atoms with Gasteiger partial charge in [0.15, 0.2) is 11.6 Å². The van der Waals surface area contributed by atoms with E-state index in [9.17, 15) is 9.59 Å². The molecule has 0 bridgehead atoms. The van der Waals surface area contributed by atoms with E-state index in [4.69, 9.17) is 0 Å². The summed E-state index contributed by atoms with van der Waals surface area (Å²) in [5.74, 6) is 1.78. The highest BCUT2D eigenvalue weighted by molar-refractivity contribution is 8.01. The summed E-state index contributed by atoms with van der Waals surface area (Å²) in [5.41, 5.74) is 8.74. The summed E-state index contributed by atoms with van der Waals surface area (Å²) in [6, 6.07) is 27.9. The van der Waals surface area contributed by atoms with E-state index in [2.05, 4.69) is 69.6 Å². The lowest BCUT2D eigenvalue weighted by Gasteiger charge is -2.26. The molecule has 10 heteroatoms. The number of hydrogen-bond donors (Lipinski definition) is 2. The number of carbonyl (C=O) groups excluding carboxylic acids is 2. The standard InChI is InChI=1S/C32H30N6O2S2/c39-27-21-41-29(19-9-15-23-11-3-1-4-12-23)37(27)35-31-25-17-7-8-18-26(25)32(34-33-31)36-38-28(40)22-42-30(38)20-10-16-24-13-5-2-6-14-24/h1-18,29-30H,19-22H2,(H,33,35)(H,34,36)/b15-9+,16-10+. The summed E-state index contributed by atoms with van der Waals surface area (Å²) in [6.45, 7) is 0. The Bertz CT molecular complexity index is 1500. The Balaban J connectivity index is 1.17. The molecule has 2 unspecified atom stereocenters. The van der Waals surface area contributed by atoms with Crippen LogP contribution in [0.5, 0.6) is 0 Å². The van der Waals surface area contributed by atoms with Crippen molar-refractivity contribution in [3.8, 4) is 0 Å². The van der Waals surface area contributed by atoms with Crippen molar-refractivity contribution >= 4 is 69.9 Å². The lowest BCUT2D eigenvalue weighted by molar-refractivity contribution is -0.127. The van der Waals surface area contributed by atoms with E-state index in [1.54, 1.807) is 33.5 Å². The van der Waals surface area contributed by atoms with Crippen LogP contribution in [0.2, 0.25) is 0 Å². The minimum Gasteiger partial charge on any atom is -0.276 e. The number of hydrogen-bond acceptors (Lipinski definition) is 8. The average Bonchev–Trinajstić information content (AvgIpc) is 3.56. The molecule has 1 aromatic heterocycles. The second-order valence-electron chi connectivity index (χ2n) is 9.82. The van der Waals surface area contributed by atoms with Gasteiger partial charge >= 0.3 is 0 Å². The Labute approximate surface area is 253 Å². The van der Waals surface area contributed by atoms with Crippen molar-refractivity contribution in [2.24, 2.45) is 0 Å². The molecule has 3 heterocycles. The largest absolute Gasteiger partial charge is 0.276 e. The van der Waals surface area contributed by atoms with Gasteiger partial charge in [-0.05, 0) is 24.0 Å². The van der Waals surface area contributed by atoms with Crippen LogP contribution in [0.15, 0.2) is 97.1 Å². The molecule has 2 N–H and O–H groups in total. The van der Waals surface area contributed by atoms with Gasteiger partial charge in [0.1, 0.15) is 10.7 Å². The fourth-order valence-corrected chi connectivity index (χ4v) is 6.91. The molecule has 42 heavy (non-hydrogen) atoms. The molecule has 2 aliphatic heterocycles. The number of hydrazine groups is 2. The maximum atomic E-state index is 12.8. The lowest BCUT2D eigenvalue weighted by Crippen LogP contribution is -2.39. The summed E-state index contributed by atoms with van der Waals surface area (Å²) < 4.78 is 0. The summed E-state index contributed by atoms with van der Waals surface area (Å²) in [6.07, 6.45) is 9.71. The topological polar surface area (TPSA) is 90.5 Å². The van der Waals surface area contributed by atoms with Crippen LogP contribution in [0, 0.1) is 0 Å². The first-order chi connectivity index (χ1) is 20.7. The minimum absolute atomic E-state index is 0.00252. The van der Waals surface area contributed by atoms with Gasteiger partial charge < -0.3 is 0 Å². The number of rotatable bonds is 10. The molecule has 2 aliphatic rings. The van der Waals surface area contributed by atoms with E-state index in [-0.39, 0.29) is 22.6 Å². The smallest absolute Gasteiger partial charge is 0.252 e. The maximum absolute atomic E-state index is 12.8. The fraction of sp³-hybridized carbons (Fsp3) is 0.188. The van der Waals surface area contributed by atoms with Crippen LogP contribution in [0.25, 0.3) is 22.9 Å². The third kappa shape index (κ3) is 6.45. The number of amides is 2. The van der Waals surface area contributed by atoms with Gasteiger partial charge in [-0.2, -0.15) is 0 Å². The SMILES string of the molecule is O=C1CSC(C/C=C/c2ccccc2)N1Nc1nnc(NN2C(=O)CSC2C/C=C/c2ccccc2)c2ccccc12. The molecule has 2 fully saturated rings. The van der Waals surface area contributed by atoms with Gasteiger partial charge in [-0.25, -0.2) is 10.0 Å². The number of benzene rings is 3. The molecule has 2 atom stereocenters. The van der Waals surface area contributed by atoms with Gasteiger partial charge in [0.2, 0.25) is 0 Å². The van der Waals surface area contributed by atoms with Crippen LogP contribution in [-0.4, -0.2) is 54.3 Å². The Kier molecular flexibility index (Phi) is 8.72. The fourth-order valence-electron chi connectivity index (χ4n) is 4.83. The number of fused-ring (bicyclic) bond motifs is 1. The Hall–Kier alpha value is -4.28. The summed E-state index contributed by atoms with van der Waals surface area (Å²) in [7, 11) is 0. The van der Waals surface area contributed by atoms with Crippen molar-refractivity contribution < 1.29 is 9.59 Å². The molecule has 8 nitrogen and oxygen atoms in total. The first kappa shape index (κ1) is 27.9. The van der Waals surface area contributed by atoms with Crippen molar-refractivity contribution in [1.82, 2.24) is 20.2 Å². The predicted octanol–water partition coefficient (Wildman–Crippen LogP) is 6.29. The number of carbonyl (C=O) groups is 2. The zero-order valence-corrected chi connectivity index (χ0v) is 24.4. The minimum atomic E-state index is -0.0697. The van der Waals surface area contributed by atoms with Gasteiger partial charge in [-0.15, -0.1) is 33.7 Å². The number of nitrogens with zero attached hydrogens (tertiary/aromatic N) is 4. The Morgan fingerprint density at radius 3 is 1.48 bits per heavy atom. The first-order valence-corrected chi connectivity index (χ1v) is 15.8. The van der Waals surface area contributed by atoms with E-state index >= 15 is 0 Å². The third-order valence-corrected chi connectivity index (χ3v) is 9.35.